The molecule has 2 atom stereocenters. The topological polar surface area (TPSA) is 58.6 Å². The first-order valence-corrected chi connectivity index (χ1v) is 9.84. The molecule has 1 aliphatic heterocycles. The van der Waals surface area contributed by atoms with Crippen LogP contribution in [0.1, 0.15) is 30.9 Å². The molecule has 0 aromatic heterocycles. The number of rotatable bonds is 6. The Bertz CT molecular complexity index is 867. The van der Waals surface area contributed by atoms with Crippen molar-refractivity contribution in [1.29, 1.82) is 0 Å². The van der Waals surface area contributed by atoms with Crippen LogP contribution in [-0.2, 0) is 16.1 Å². The molecule has 1 fully saturated rings. The predicted molar refractivity (Wildman–Crippen MR) is 109 cm³/mol. The number of benzene rings is 2. The van der Waals surface area contributed by atoms with Gasteiger partial charge in [0.05, 0.1) is 13.0 Å². The van der Waals surface area contributed by atoms with Crippen LogP contribution in [0.4, 0.5) is 4.39 Å². The first-order valence-electron chi connectivity index (χ1n) is 9.84. The predicted octanol–water partition coefficient (Wildman–Crippen LogP) is 3.35. The number of ether oxygens (including phenoxy) is 1. The van der Waals surface area contributed by atoms with Gasteiger partial charge in [0.25, 0.3) is 0 Å². The number of para-hydroxylation sites is 1. The highest BCUT2D eigenvalue weighted by atomic mass is 19.1. The number of nitrogens with zero attached hydrogens (tertiary/aromatic N) is 1. The molecule has 0 spiro atoms. The zero-order valence-corrected chi connectivity index (χ0v) is 17.0. The summed E-state index contributed by atoms with van der Waals surface area (Å²) in [5.41, 5.74) is 1.75. The maximum absolute atomic E-state index is 13.1. The lowest BCUT2D eigenvalue weighted by Gasteiger charge is -2.20. The van der Waals surface area contributed by atoms with Crippen molar-refractivity contribution in [3.63, 3.8) is 0 Å². The fourth-order valence-corrected chi connectivity index (χ4v) is 3.82. The molecule has 0 aliphatic carbocycles. The van der Waals surface area contributed by atoms with E-state index in [0.29, 0.717) is 25.4 Å². The Hall–Kier alpha value is -2.89. The van der Waals surface area contributed by atoms with Crippen LogP contribution in [0.25, 0.3) is 0 Å². The van der Waals surface area contributed by atoms with E-state index >= 15 is 0 Å². The molecule has 5 nitrogen and oxygen atoms in total. The zero-order valence-electron chi connectivity index (χ0n) is 17.0. The van der Waals surface area contributed by atoms with E-state index in [-0.39, 0.29) is 35.4 Å². The van der Waals surface area contributed by atoms with Gasteiger partial charge in [-0.3, -0.25) is 9.59 Å². The molecule has 3 rings (SSSR count). The van der Waals surface area contributed by atoms with Crippen molar-refractivity contribution in [2.24, 2.45) is 11.8 Å². The summed E-state index contributed by atoms with van der Waals surface area (Å²) in [6, 6.07) is 13.7. The lowest BCUT2D eigenvalue weighted by atomic mass is 9.87. The van der Waals surface area contributed by atoms with Crippen LogP contribution < -0.4 is 10.1 Å². The molecule has 0 bridgehead atoms. The molecule has 1 aliphatic rings. The fraction of sp³-hybridized carbons (Fsp3) is 0.391. The number of hydrogen-bond acceptors (Lipinski definition) is 3. The van der Waals surface area contributed by atoms with E-state index in [1.54, 1.807) is 24.1 Å². The quantitative estimate of drug-likeness (QED) is 0.812. The maximum Gasteiger partial charge on any atom is 0.225 e. The molecule has 1 N–H and O–H groups in total. The Kier molecular flexibility index (Phi) is 6.52. The average molecular weight is 398 g/mol. The molecule has 6 heteroatoms. The van der Waals surface area contributed by atoms with Crippen LogP contribution >= 0.6 is 0 Å². The van der Waals surface area contributed by atoms with Gasteiger partial charge in [-0.25, -0.2) is 4.39 Å². The average Bonchev–Trinajstić information content (AvgIpc) is 3.17. The second kappa shape index (κ2) is 9.07. The summed E-state index contributed by atoms with van der Waals surface area (Å²) in [6.07, 6.45) is 0. The van der Waals surface area contributed by atoms with Gasteiger partial charge in [0.2, 0.25) is 11.8 Å². The number of likely N-dealkylation sites (tertiary alicyclic amines) is 1. The minimum absolute atomic E-state index is 0.0405. The number of hydrogen-bond donors (Lipinski definition) is 1. The Labute approximate surface area is 170 Å². The SMILES string of the molecule is COc1ccccc1[C@H]1CN(C(=O)C(C)C)C[C@H]1C(=O)NCc1ccc(F)cc1. The largest absolute Gasteiger partial charge is 0.496 e. The molecule has 154 valence electrons. The summed E-state index contributed by atoms with van der Waals surface area (Å²) < 4.78 is 18.6. The molecule has 2 amide bonds. The number of nitrogens with one attached hydrogen (secondary N) is 1. The summed E-state index contributed by atoms with van der Waals surface area (Å²) in [6.45, 7) is 4.89. The summed E-state index contributed by atoms with van der Waals surface area (Å²) >= 11 is 0. The standard InChI is InChI=1S/C23H27FN2O3/c1-15(2)23(28)26-13-19(18-6-4-5-7-21(18)29-3)20(14-26)22(27)25-12-16-8-10-17(24)11-9-16/h4-11,15,19-20H,12-14H2,1-3H3,(H,25,27)/t19-,20-/m1/s1. The Morgan fingerprint density at radius 2 is 1.83 bits per heavy atom. The number of methoxy groups -OCH3 is 1. The minimum atomic E-state index is -0.380. The number of carbonyl (C=O) groups excluding carboxylic acids is 2. The van der Waals surface area contributed by atoms with Gasteiger partial charge in [-0.2, -0.15) is 0 Å². The monoisotopic (exact) mass is 398 g/mol. The third-order valence-electron chi connectivity index (χ3n) is 5.38. The van der Waals surface area contributed by atoms with E-state index in [1.165, 1.54) is 12.1 Å². The Balaban J connectivity index is 1.80. The van der Waals surface area contributed by atoms with Gasteiger partial charge < -0.3 is 15.0 Å². The lowest BCUT2D eigenvalue weighted by Crippen LogP contribution is -2.36. The highest BCUT2D eigenvalue weighted by molar-refractivity contribution is 5.84. The van der Waals surface area contributed by atoms with Crippen molar-refractivity contribution in [3.05, 3.63) is 65.5 Å². The minimum Gasteiger partial charge on any atom is -0.496 e. The second-order valence-corrected chi connectivity index (χ2v) is 7.70. The van der Waals surface area contributed by atoms with Crippen molar-refractivity contribution in [1.82, 2.24) is 10.2 Å². The van der Waals surface area contributed by atoms with E-state index in [2.05, 4.69) is 5.32 Å². The molecule has 1 saturated heterocycles. The summed E-state index contributed by atoms with van der Waals surface area (Å²) in [5.74, 6) is -0.337. The van der Waals surface area contributed by atoms with Crippen LogP contribution in [0, 0.1) is 17.7 Å². The molecule has 2 aromatic carbocycles. The van der Waals surface area contributed by atoms with Gasteiger partial charge in [0, 0.05) is 31.5 Å². The first-order chi connectivity index (χ1) is 13.9. The molecule has 0 saturated carbocycles. The number of halogens is 1. The normalized spacial score (nSPS) is 18.7. The third-order valence-corrected chi connectivity index (χ3v) is 5.38. The number of carbonyl (C=O) groups is 2. The summed E-state index contributed by atoms with van der Waals surface area (Å²) in [7, 11) is 1.61. The molecule has 1 heterocycles. The second-order valence-electron chi connectivity index (χ2n) is 7.70. The lowest BCUT2D eigenvalue weighted by molar-refractivity contribution is -0.133. The molecular formula is C23H27FN2O3. The van der Waals surface area contributed by atoms with Crippen LogP contribution in [-0.4, -0.2) is 36.9 Å². The maximum atomic E-state index is 13.1. The fourth-order valence-electron chi connectivity index (χ4n) is 3.82. The Morgan fingerprint density at radius 1 is 1.14 bits per heavy atom. The van der Waals surface area contributed by atoms with Crippen molar-refractivity contribution < 1.29 is 18.7 Å². The molecule has 0 unspecified atom stereocenters. The highest BCUT2D eigenvalue weighted by Gasteiger charge is 2.41. The van der Waals surface area contributed by atoms with Gasteiger partial charge >= 0.3 is 0 Å². The summed E-state index contributed by atoms with van der Waals surface area (Å²) in [4.78, 5) is 27.4. The van der Waals surface area contributed by atoms with E-state index < -0.39 is 0 Å². The first kappa shape index (κ1) is 20.8. The van der Waals surface area contributed by atoms with E-state index in [0.717, 1.165) is 11.1 Å². The molecule has 0 radical (unpaired) electrons. The third kappa shape index (κ3) is 4.75. The van der Waals surface area contributed by atoms with E-state index in [9.17, 15) is 14.0 Å². The highest BCUT2D eigenvalue weighted by Crippen LogP contribution is 2.38. The van der Waals surface area contributed by atoms with Gasteiger partial charge in [0.1, 0.15) is 11.6 Å². The molecule has 29 heavy (non-hydrogen) atoms. The van der Waals surface area contributed by atoms with Crippen LogP contribution in [0.2, 0.25) is 0 Å². The zero-order chi connectivity index (χ0) is 21.0. The van der Waals surface area contributed by atoms with Crippen molar-refractivity contribution >= 4 is 11.8 Å². The van der Waals surface area contributed by atoms with Crippen molar-refractivity contribution in [2.45, 2.75) is 26.3 Å². The van der Waals surface area contributed by atoms with Crippen molar-refractivity contribution in [2.75, 3.05) is 20.2 Å². The van der Waals surface area contributed by atoms with Crippen molar-refractivity contribution in [3.8, 4) is 5.75 Å². The Morgan fingerprint density at radius 3 is 2.48 bits per heavy atom. The van der Waals surface area contributed by atoms with E-state index in [4.69, 9.17) is 4.74 Å². The van der Waals surface area contributed by atoms with E-state index in [1.807, 2.05) is 38.1 Å². The van der Waals surface area contributed by atoms with Gasteiger partial charge in [-0.05, 0) is 29.3 Å². The van der Waals surface area contributed by atoms with Gasteiger partial charge in [-0.1, -0.05) is 44.2 Å². The summed E-state index contributed by atoms with van der Waals surface area (Å²) in [5, 5.41) is 2.95. The van der Waals surface area contributed by atoms with Crippen LogP contribution in [0.3, 0.4) is 0 Å². The smallest absolute Gasteiger partial charge is 0.225 e. The molecular weight excluding hydrogens is 371 g/mol. The number of amides is 2. The molecule has 2 aromatic rings. The van der Waals surface area contributed by atoms with Crippen LogP contribution in [0.5, 0.6) is 5.75 Å². The van der Waals surface area contributed by atoms with Crippen LogP contribution in [0.15, 0.2) is 48.5 Å². The van der Waals surface area contributed by atoms with Gasteiger partial charge in [-0.15, -0.1) is 0 Å². The van der Waals surface area contributed by atoms with Gasteiger partial charge in [0.15, 0.2) is 0 Å².